The molecule has 0 atom stereocenters. The first kappa shape index (κ1) is 10.4. The molecule has 4 fully saturated rings. The fourth-order valence-corrected chi connectivity index (χ4v) is 5.55. The van der Waals surface area contributed by atoms with Crippen LogP contribution in [0.1, 0.15) is 44.3 Å². The number of halogens is 1. The molecule has 1 aromatic heterocycles. The maximum atomic E-state index is 6.27. The predicted molar refractivity (Wildman–Crippen MR) is 65.9 cm³/mol. The van der Waals surface area contributed by atoms with Gasteiger partial charge in [-0.1, -0.05) is 0 Å². The lowest BCUT2D eigenvalue weighted by Gasteiger charge is -2.57. The van der Waals surface area contributed by atoms with Gasteiger partial charge in [0.15, 0.2) is 0 Å². The molecule has 4 aliphatic carbocycles. The Hall–Kier alpha value is -0.570. The van der Waals surface area contributed by atoms with Crippen molar-refractivity contribution >= 4 is 11.6 Å². The zero-order valence-electron chi connectivity index (χ0n) is 10.2. The van der Waals surface area contributed by atoms with E-state index in [4.69, 9.17) is 11.6 Å². The molecule has 1 aromatic rings. The lowest BCUT2D eigenvalue weighted by atomic mass is 9.53. The molecule has 0 N–H and O–H groups in total. The first-order valence-corrected chi connectivity index (χ1v) is 7.12. The molecular formula is C13H18ClN3. The topological polar surface area (TPSA) is 30.7 Å². The summed E-state index contributed by atoms with van der Waals surface area (Å²) in [6.07, 6.45) is 8.28. The second-order valence-electron chi connectivity index (χ2n) is 6.49. The molecule has 92 valence electrons. The maximum Gasteiger partial charge on any atom is 0.225 e. The van der Waals surface area contributed by atoms with Gasteiger partial charge >= 0.3 is 0 Å². The van der Waals surface area contributed by atoms with E-state index in [9.17, 15) is 0 Å². The first-order chi connectivity index (χ1) is 8.16. The predicted octanol–water partition coefficient (Wildman–Crippen LogP) is 3.17. The van der Waals surface area contributed by atoms with E-state index in [1.54, 1.807) is 0 Å². The third-order valence-corrected chi connectivity index (χ3v) is 5.51. The second-order valence-corrected chi connectivity index (χ2v) is 6.83. The van der Waals surface area contributed by atoms with Gasteiger partial charge in [0.2, 0.25) is 5.28 Å². The second kappa shape index (κ2) is 3.25. The summed E-state index contributed by atoms with van der Waals surface area (Å²) < 4.78 is 2.25. The van der Waals surface area contributed by atoms with E-state index in [1.807, 2.05) is 6.92 Å². The maximum absolute atomic E-state index is 6.27. The van der Waals surface area contributed by atoms with Crippen LogP contribution in [0, 0.1) is 24.7 Å². The van der Waals surface area contributed by atoms with Gasteiger partial charge in [-0.15, -0.1) is 10.2 Å². The van der Waals surface area contributed by atoms with Crippen LogP contribution in [0.15, 0.2) is 0 Å². The van der Waals surface area contributed by atoms with Crippen LogP contribution in [0.3, 0.4) is 0 Å². The van der Waals surface area contributed by atoms with Crippen LogP contribution in [0.5, 0.6) is 0 Å². The summed E-state index contributed by atoms with van der Waals surface area (Å²) in [6, 6.07) is 0. The molecule has 17 heavy (non-hydrogen) atoms. The summed E-state index contributed by atoms with van der Waals surface area (Å²) in [5.74, 6) is 3.79. The Morgan fingerprint density at radius 2 is 1.59 bits per heavy atom. The van der Waals surface area contributed by atoms with Gasteiger partial charge in [0, 0.05) is 5.54 Å². The Kier molecular flexibility index (Phi) is 1.98. The molecule has 0 saturated heterocycles. The fraction of sp³-hybridized carbons (Fsp3) is 0.846. The average Bonchev–Trinajstić information content (AvgIpc) is 2.56. The van der Waals surface area contributed by atoms with Crippen molar-refractivity contribution in [2.75, 3.05) is 0 Å². The fourth-order valence-electron chi connectivity index (χ4n) is 5.21. The molecule has 3 nitrogen and oxygen atoms in total. The SMILES string of the molecule is Cc1nnc(Cl)n1C12CC3CC(CC(C3)C1)C2. The molecule has 0 spiro atoms. The van der Waals surface area contributed by atoms with E-state index in [0.717, 1.165) is 23.6 Å². The number of aryl methyl sites for hydroxylation is 1. The molecule has 4 aliphatic rings. The molecule has 1 heterocycles. The van der Waals surface area contributed by atoms with Crippen molar-refractivity contribution in [1.29, 1.82) is 0 Å². The largest absolute Gasteiger partial charge is 0.296 e. The number of nitrogens with zero attached hydrogens (tertiary/aromatic N) is 3. The number of hydrogen-bond acceptors (Lipinski definition) is 2. The minimum atomic E-state index is 0.263. The van der Waals surface area contributed by atoms with Gasteiger partial charge in [-0.05, 0) is 74.8 Å². The lowest BCUT2D eigenvalue weighted by molar-refractivity contribution is -0.0440. The van der Waals surface area contributed by atoms with Gasteiger partial charge in [-0.2, -0.15) is 0 Å². The molecule has 0 aromatic carbocycles. The quantitative estimate of drug-likeness (QED) is 0.768. The van der Waals surface area contributed by atoms with Gasteiger partial charge in [0.25, 0.3) is 0 Å². The first-order valence-electron chi connectivity index (χ1n) is 6.74. The summed E-state index contributed by atoms with van der Waals surface area (Å²) in [7, 11) is 0. The van der Waals surface area contributed by atoms with Crippen molar-refractivity contribution in [2.24, 2.45) is 17.8 Å². The van der Waals surface area contributed by atoms with Crippen molar-refractivity contribution < 1.29 is 0 Å². The Bertz CT molecular complexity index is 410. The van der Waals surface area contributed by atoms with Gasteiger partial charge < -0.3 is 0 Å². The molecule has 0 aliphatic heterocycles. The van der Waals surface area contributed by atoms with Crippen LogP contribution in [-0.2, 0) is 5.54 Å². The number of hydrogen-bond donors (Lipinski definition) is 0. The monoisotopic (exact) mass is 251 g/mol. The molecule has 0 amide bonds. The van der Waals surface area contributed by atoms with Crippen LogP contribution < -0.4 is 0 Å². The summed E-state index contributed by atoms with van der Waals surface area (Å²) in [5, 5.41) is 8.81. The third-order valence-electron chi connectivity index (χ3n) is 5.27. The third kappa shape index (κ3) is 1.35. The van der Waals surface area contributed by atoms with Crippen molar-refractivity contribution in [3.8, 4) is 0 Å². The van der Waals surface area contributed by atoms with Gasteiger partial charge in [-0.3, -0.25) is 4.57 Å². The van der Waals surface area contributed by atoms with Crippen LogP contribution >= 0.6 is 11.6 Å². The van der Waals surface area contributed by atoms with E-state index < -0.39 is 0 Å². The minimum absolute atomic E-state index is 0.263. The normalized spacial score (nSPS) is 43.3. The highest BCUT2D eigenvalue weighted by Crippen LogP contribution is 2.59. The number of rotatable bonds is 1. The molecule has 0 unspecified atom stereocenters. The average molecular weight is 252 g/mol. The summed E-state index contributed by atoms with van der Waals surface area (Å²) in [6.45, 7) is 2.04. The van der Waals surface area contributed by atoms with E-state index in [0.29, 0.717) is 5.28 Å². The summed E-state index contributed by atoms with van der Waals surface area (Å²) in [5.41, 5.74) is 0.263. The minimum Gasteiger partial charge on any atom is -0.296 e. The molecular weight excluding hydrogens is 234 g/mol. The zero-order valence-corrected chi connectivity index (χ0v) is 11.0. The van der Waals surface area contributed by atoms with Gasteiger partial charge in [0.05, 0.1) is 0 Å². The van der Waals surface area contributed by atoms with Gasteiger partial charge in [0.1, 0.15) is 5.82 Å². The molecule has 5 rings (SSSR count). The van der Waals surface area contributed by atoms with Crippen molar-refractivity contribution in [3.63, 3.8) is 0 Å². The summed E-state index contributed by atoms with van der Waals surface area (Å²) >= 11 is 6.27. The standard InChI is InChI=1S/C13H18ClN3/c1-8-15-16-12(14)17(8)13-5-9-2-10(6-13)4-11(3-9)7-13/h9-11H,2-7H2,1H3. The Morgan fingerprint density at radius 3 is 2.00 bits per heavy atom. The van der Waals surface area contributed by atoms with Crippen molar-refractivity contribution in [1.82, 2.24) is 14.8 Å². The zero-order chi connectivity index (χ0) is 11.6. The van der Waals surface area contributed by atoms with Crippen LogP contribution in [0.4, 0.5) is 0 Å². The smallest absolute Gasteiger partial charge is 0.225 e. The lowest BCUT2D eigenvalue weighted by Crippen LogP contribution is -2.52. The Balaban J connectivity index is 1.82. The highest BCUT2D eigenvalue weighted by atomic mass is 35.5. The van der Waals surface area contributed by atoms with E-state index in [2.05, 4.69) is 14.8 Å². The highest BCUT2D eigenvalue weighted by Gasteiger charge is 2.52. The summed E-state index contributed by atoms with van der Waals surface area (Å²) in [4.78, 5) is 0. The van der Waals surface area contributed by atoms with Crippen molar-refractivity contribution in [2.45, 2.75) is 51.0 Å². The van der Waals surface area contributed by atoms with Crippen molar-refractivity contribution in [3.05, 3.63) is 11.1 Å². The van der Waals surface area contributed by atoms with Crippen LogP contribution in [0.2, 0.25) is 5.28 Å². The molecule has 4 heteroatoms. The van der Waals surface area contributed by atoms with E-state index in [1.165, 1.54) is 38.5 Å². The molecule has 4 bridgehead atoms. The Labute approximate surface area is 107 Å². The molecule has 0 radical (unpaired) electrons. The van der Waals surface area contributed by atoms with E-state index >= 15 is 0 Å². The highest BCUT2D eigenvalue weighted by molar-refractivity contribution is 6.28. The number of aromatic nitrogens is 3. The van der Waals surface area contributed by atoms with Crippen LogP contribution in [0.25, 0.3) is 0 Å². The van der Waals surface area contributed by atoms with Crippen LogP contribution in [-0.4, -0.2) is 14.8 Å². The molecule has 4 saturated carbocycles. The van der Waals surface area contributed by atoms with Gasteiger partial charge in [-0.25, -0.2) is 0 Å². The Morgan fingerprint density at radius 1 is 1.06 bits per heavy atom. The van der Waals surface area contributed by atoms with E-state index in [-0.39, 0.29) is 5.54 Å².